The Labute approximate surface area is 225 Å². The van der Waals surface area contributed by atoms with E-state index in [0.717, 1.165) is 75.7 Å². The molecule has 2 aromatic carbocycles. The number of nitrogens with zero attached hydrogens (tertiary/aromatic N) is 3. The van der Waals surface area contributed by atoms with Crippen molar-refractivity contribution in [3.8, 4) is 33.9 Å². The summed E-state index contributed by atoms with van der Waals surface area (Å²) in [6.07, 6.45) is 7.10. The monoisotopic (exact) mass is 505 g/mol. The topological polar surface area (TPSA) is 56.6 Å². The van der Waals surface area contributed by atoms with Crippen LogP contribution in [0.4, 0.5) is 0 Å². The molecule has 38 heavy (non-hydrogen) atoms. The molecule has 0 bridgehead atoms. The number of aryl methyl sites for hydroxylation is 3. The Balaban J connectivity index is 1.34. The summed E-state index contributed by atoms with van der Waals surface area (Å²) in [5.74, 6) is 1.77. The second kappa shape index (κ2) is 11.6. The van der Waals surface area contributed by atoms with Gasteiger partial charge in [-0.05, 0) is 82.0 Å². The highest BCUT2D eigenvalue weighted by molar-refractivity contribution is 5.85. The first-order valence-corrected chi connectivity index (χ1v) is 13.4. The molecule has 0 N–H and O–H groups in total. The quantitative estimate of drug-likeness (QED) is 0.212. The average molecular weight is 506 g/mol. The van der Waals surface area contributed by atoms with Crippen molar-refractivity contribution < 1.29 is 9.47 Å². The molecular formula is C33H35N3O2. The molecule has 4 aromatic rings. The van der Waals surface area contributed by atoms with Crippen LogP contribution in [0.3, 0.4) is 0 Å². The predicted molar refractivity (Wildman–Crippen MR) is 155 cm³/mol. The van der Waals surface area contributed by atoms with E-state index in [9.17, 15) is 0 Å². The standard InChI is InChI=1S/C33H35N3O2/c1-5-37-33-23(3)19-27(36-32(33)26-11-8-22(2)9-12-26)16-18-34-21-25-10-15-31(38-28-13-14-28)30(20-25)29-7-6-17-35-24(29)4/h6-12,15,17,19-21,28H,5,13-14,16,18H2,1-4H3. The Bertz CT molecular complexity index is 1440. The van der Waals surface area contributed by atoms with Gasteiger partial charge in [0.05, 0.1) is 12.7 Å². The Morgan fingerprint density at radius 3 is 2.53 bits per heavy atom. The third-order valence-corrected chi connectivity index (χ3v) is 6.68. The fourth-order valence-electron chi connectivity index (χ4n) is 4.52. The van der Waals surface area contributed by atoms with Gasteiger partial charge in [0.15, 0.2) is 0 Å². The van der Waals surface area contributed by atoms with E-state index in [4.69, 9.17) is 19.5 Å². The third kappa shape index (κ3) is 6.10. The van der Waals surface area contributed by atoms with Gasteiger partial charge in [-0.3, -0.25) is 9.98 Å². The van der Waals surface area contributed by atoms with Crippen molar-refractivity contribution in [2.24, 2.45) is 4.99 Å². The number of benzene rings is 2. The summed E-state index contributed by atoms with van der Waals surface area (Å²) in [5, 5.41) is 0. The molecule has 1 saturated carbocycles. The smallest absolute Gasteiger partial charge is 0.148 e. The van der Waals surface area contributed by atoms with Crippen LogP contribution in [0.5, 0.6) is 11.5 Å². The molecule has 0 saturated heterocycles. The molecule has 0 radical (unpaired) electrons. The van der Waals surface area contributed by atoms with E-state index in [2.05, 4.69) is 73.4 Å². The van der Waals surface area contributed by atoms with Gasteiger partial charge in [0, 0.05) is 53.5 Å². The molecule has 5 rings (SSSR count). The Kier molecular flexibility index (Phi) is 7.83. The van der Waals surface area contributed by atoms with Crippen molar-refractivity contribution in [2.45, 2.75) is 53.1 Å². The van der Waals surface area contributed by atoms with Crippen molar-refractivity contribution in [3.05, 3.63) is 94.9 Å². The highest BCUT2D eigenvalue weighted by Crippen LogP contribution is 2.36. The largest absolute Gasteiger partial charge is 0.491 e. The summed E-state index contributed by atoms with van der Waals surface area (Å²) in [4.78, 5) is 14.2. The molecular weight excluding hydrogens is 470 g/mol. The molecule has 2 heterocycles. The highest BCUT2D eigenvalue weighted by atomic mass is 16.5. The van der Waals surface area contributed by atoms with Crippen LogP contribution in [0.15, 0.2) is 71.9 Å². The van der Waals surface area contributed by atoms with Crippen molar-refractivity contribution >= 4 is 6.21 Å². The lowest BCUT2D eigenvalue weighted by atomic mass is 10.0. The second-order valence-corrected chi connectivity index (χ2v) is 9.90. The number of ether oxygens (including phenoxy) is 2. The second-order valence-electron chi connectivity index (χ2n) is 9.90. The van der Waals surface area contributed by atoms with E-state index < -0.39 is 0 Å². The van der Waals surface area contributed by atoms with Crippen LogP contribution in [0.1, 0.15) is 47.8 Å². The molecule has 2 aromatic heterocycles. The maximum Gasteiger partial charge on any atom is 0.148 e. The van der Waals surface area contributed by atoms with Gasteiger partial charge in [-0.25, -0.2) is 4.98 Å². The molecule has 0 unspecified atom stereocenters. The van der Waals surface area contributed by atoms with Crippen LogP contribution in [0.2, 0.25) is 0 Å². The maximum atomic E-state index is 6.21. The minimum absolute atomic E-state index is 0.333. The van der Waals surface area contributed by atoms with Crippen molar-refractivity contribution in [1.82, 2.24) is 9.97 Å². The lowest BCUT2D eigenvalue weighted by Crippen LogP contribution is -2.03. The summed E-state index contributed by atoms with van der Waals surface area (Å²) in [6.45, 7) is 9.48. The van der Waals surface area contributed by atoms with Crippen LogP contribution in [-0.2, 0) is 6.42 Å². The van der Waals surface area contributed by atoms with E-state index >= 15 is 0 Å². The highest BCUT2D eigenvalue weighted by Gasteiger charge is 2.25. The Morgan fingerprint density at radius 2 is 1.79 bits per heavy atom. The first-order valence-electron chi connectivity index (χ1n) is 13.4. The molecule has 0 aliphatic heterocycles. The Morgan fingerprint density at radius 1 is 0.974 bits per heavy atom. The van der Waals surface area contributed by atoms with Gasteiger partial charge in [0.1, 0.15) is 17.2 Å². The van der Waals surface area contributed by atoms with Gasteiger partial charge in [-0.15, -0.1) is 0 Å². The summed E-state index contributed by atoms with van der Waals surface area (Å²) < 4.78 is 12.2. The average Bonchev–Trinajstić information content (AvgIpc) is 3.74. The number of hydrogen-bond donors (Lipinski definition) is 0. The zero-order chi connectivity index (χ0) is 26.5. The van der Waals surface area contributed by atoms with Crippen LogP contribution in [-0.4, -0.2) is 35.4 Å². The number of rotatable bonds is 10. The molecule has 0 atom stereocenters. The van der Waals surface area contributed by atoms with E-state index in [1.165, 1.54) is 5.56 Å². The Hall–Kier alpha value is -3.99. The number of aliphatic imine (C=N–C) groups is 1. The first kappa shape index (κ1) is 25.7. The van der Waals surface area contributed by atoms with Gasteiger partial charge in [-0.1, -0.05) is 35.9 Å². The van der Waals surface area contributed by atoms with E-state index in [-0.39, 0.29) is 0 Å². The third-order valence-electron chi connectivity index (χ3n) is 6.68. The van der Waals surface area contributed by atoms with E-state index in [1.54, 1.807) is 0 Å². The number of pyridine rings is 2. The molecule has 5 nitrogen and oxygen atoms in total. The molecule has 0 amide bonds. The minimum Gasteiger partial charge on any atom is -0.491 e. The fraction of sp³-hybridized carbons (Fsp3) is 0.303. The van der Waals surface area contributed by atoms with Crippen molar-refractivity contribution in [3.63, 3.8) is 0 Å². The lowest BCUT2D eigenvalue weighted by Gasteiger charge is -2.15. The lowest BCUT2D eigenvalue weighted by molar-refractivity contribution is 0.304. The molecule has 5 heteroatoms. The van der Waals surface area contributed by atoms with Gasteiger partial charge in [-0.2, -0.15) is 0 Å². The molecule has 0 spiro atoms. The molecule has 1 aliphatic rings. The van der Waals surface area contributed by atoms with E-state index in [1.807, 2.05) is 32.3 Å². The molecule has 1 aliphatic carbocycles. The SMILES string of the molecule is CCOc1c(C)cc(CCN=Cc2ccc(OC3CC3)c(-c3cccnc3C)c2)nc1-c1ccc(C)cc1. The number of hydrogen-bond acceptors (Lipinski definition) is 5. The summed E-state index contributed by atoms with van der Waals surface area (Å²) in [7, 11) is 0. The van der Waals surface area contributed by atoms with Crippen LogP contribution in [0, 0.1) is 20.8 Å². The van der Waals surface area contributed by atoms with Crippen LogP contribution < -0.4 is 9.47 Å². The zero-order valence-electron chi connectivity index (χ0n) is 22.7. The predicted octanol–water partition coefficient (Wildman–Crippen LogP) is 7.34. The van der Waals surface area contributed by atoms with Gasteiger partial charge < -0.3 is 9.47 Å². The fourth-order valence-corrected chi connectivity index (χ4v) is 4.52. The van der Waals surface area contributed by atoms with Crippen molar-refractivity contribution in [1.29, 1.82) is 0 Å². The van der Waals surface area contributed by atoms with E-state index in [0.29, 0.717) is 19.3 Å². The van der Waals surface area contributed by atoms with Crippen LogP contribution in [0.25, 0.3) is 22.4 Å². The summed E-state index contributed by atoms with van der Waals surface area (Å²) in [5.41, 5.74) is 9.49. The number of aromatic nitrogens is 2. The normalized spacial score (nSPS) is 13.2. The van der Waals surface area contributed by atoms with Crippen molar-refractivity contribution in [2.75, 3.05) is 13.2 Å². The van der Waals surface area contributed by atoms with Gasteiger partial charge >= 0.3 is 0 Å². The minimum atomic E-state index is 0.333. The first-order chi connectivity index (χ1) is 18.5. The zero-order valence-corrected chi connectivity index (χ0v) is 22.7. The summed E-state index contributed by atoms with van der Waals surface area (Å²) in [6, 6.07) is 20.9. The molecule has 1 fully saturated rings. The van der Waals surface area contributed by atoms with Gasteiger partial charge in [0.2, 0.25) is 0 Å². The summed E-state index contributed by atoms with van der Waals surface area (Å²) >= 11 is 0. The molecule has 194 valence electrons. The maximum absolute atomic E-state index is 6.21. The van der Waals surface area contributed by atoms with Crippen LogP contribution >= 0.6 is 0 Å². The van der Waals surface area contributed by atoms with Gasteiger partial charge in [0.25, 0.3) is 0 Å².